The quantitative estimate of drug-likeness (QED) is 0.563. The van der Waals surface area contributed by atoms with Crippen LogP contribution in [0.15, 0.2) is 29.4 Å². The Labute approximate surface area is 94.5 Å². The third-order valence-electron chi connectivity index (χ3n) is 1.72. The largest absolute Gasteiger partial charge is 0.249 e. The summed E-state index contributed by atoms with van der Waals surface area (Å²) in [6.07, 6.45) is 3.09. The molecule has 0 fully saturated rings. The summed E-state index contributed by atoms with van der Waals surface area (Å²) in [7, 11) is 3.65. The number of aromatic nitrogens is 1. The van der Waals surface area contributed by atoms with Crippen molar-refractivity contribution in [2.75, 3.05) is 5.75 Å². The lowest BCUT2D eigenvalue weighted by molar-refractivity contribution is 0.402. The van der Waals surface area contributed by atoms with Crippen LogP contribution >= 0.6 is 21.6 Å². The molecule has 78 valence electrons. The second kappa shape index (κ2) is 5.66. The molecule has 0 atom stereocenters. The summed E-state index contributed by atoms with van der Waals surface area (Å²) in [6.45, 7) is 6.83. The molecule has 3 heteroatoms. The minimum absolute atomic E-state index is 0.442. The van der Waals surface area contributed by atoms with Crippen molar-refractivity contribution in [1.29, 1.82) is 0 Å². The summed E-state index contributed by atoms with van der Waals surface area (Å²) < 4.78 is 0. The van der Waals surface area contributed by atoms with Crippen molar-refractivity contribution in [3.8, 4) is 0 Å². The minimum Gasteiger partial charge on any atom is -0.249 e. The van der Waals surface area contributed by atoms with Crippen molar-refractivity contribution in [2.24, 2.45) is 5.41 Å². The van der Waals surface area contributed by atoms with E-state index in [0.717, 1.165) is 5.03 Å². The van der Waals surface area contributed by atoms with E-state index < -0.39 is 0 Å². The Balaban J connectivity index is 2.17. The van der Waals surface area contributed by atoms with E-state index in [4.69, 9.17) is 0 Å². The third kappa shape index (κ3) is 5.55. The van der Waals surface area contributed by atoms with E-state index in [1.807, 2.05) is 29.1 Å². The molecule has 0 spiro atoms. The van der Waals surface area contributed by atoms with Gasteiger partial charge in [0.05, 0.1) is 0 Å². The SMILES string of the molecule is CC(C)(C)CCSSc1ccccn1. The van der Waals surface area contributed by atoms with Gasteiger partial charge in [0.15, 0.2) is 0 Å². The lowest BCUT2D eigenvalue weighted by atomic mass is 9.94. The smallest absolute Gasteiger partial charge is 0.106 e. The molecule has 1 aromatic rings. The summed E-state index contributed by atoms with van der Waals surface area (Å²) >= 11 is 0. The van der Waals surface area contributed by atoms with Gasteiger partial charge in [-0.25, -0.2) is 4.98 Å². The Morgan fingerprint density at radius 2 is 2.07 bits per heavy atom. The van der Waals surface area contributed by atoms with Crippen molar-refractivity contribution >= 4 is 21.6 Å². The van der Waals surface area contributed by atoms with Gasteiger partial charge >= 0.3 is 0 Å². The third-order valence-corrected chi connectivity index (χ3v) is 3.98. The molecule has 0 aliphatic rings. The number of hydrogen-bond donors (Lipinski definition) is 0. The van der Waals surface area contributed by atoms with Gasteiger partial charge in [0.25, 0.3) is 0 Å². The average molecular weight is 227 g/mol. The second-order valence-electron chi connectivity index (χ2n) is 4.38. The maximum Gasteiger partial charge on any atom is 0.106 e. The van der Waals surface area contributed by atoms with Gasteiger partial charge in [-0.15, -0.1) is 0 Å². The van der Waals surface area contributed by atoms with Crippen molar-refractivity contribution in [1.82, 2.24) is 4.98 Å². The van der Waals surface area contributed by atoms with E-state index in [1.165, 1.54) is 12.2 Å². The number of nitrogens with zero attached hydrogens (tertiary/aromatic N) is 1. The molecular weight excluding hydrogens is 210 g/mol. The lowest BCUT2D eigenvalue weighted by Gasteiger charge is -2.16. The molecule has 1 nitrogen and oxygen atoms in total. The molecule has 0 aromatic carbocycles. The molecule has 0 bridgehead atoms. The van der Waals surface area contributed by atoms with E-state index in [2.05, 4.69) is 31.8 Å². The van der Waals surface area contributed by atoms with Gasteiger partial charge in [0.1, 0.15) is 5.03 Å². The fourth-order valence-corrected chi connectivity index (χ4v) is 3.14. The Hall–Kier alpha value is -0.150. The Morgan fingerprint density at radius 3 is 2.64 bits per heavy atom. The van der Waals surface area contributed by atoms with Gasteiger partial charge in [-0.1, -0.05) is 37.6 Å². The predicted octanol–water partition coefficient (Wildman–Crippen LogP) is 4.26. The summed E-state index contributed by atoms with van der Waals surface area (Å²) in [6, 6.07) is 6.03. The maximum absolute atomic E-state index is 4.25. The molecule has 0 saturated carbocycles. The van der Waals surface area contributed by atoms with E-state index >= 15 is 0 Å². The zero-order valence-electron chi connectivity index (χ0n) is 8.99. The molecule has 14 heavy (non-hydrogen) atoms. The highest BCUT2D eigenvalue weighted by Gasteiger charge is 2.09. The predicted molar refractivity (Wildman–Crippen MR) is 66.6 cm³/mol. The van der Waals surface area contributed by atoms with Gasteiger partial charge in [-0.05, 0) is 34.8 Å². The summed E-state index contributed by atoms with van der Waals surface area (Å²) in [4.78, 5) is 4.25. The van der Waals surface area contributed by atoms with Crippen LogP contribution in [0.4, 0.5) is 0 Å². The molecule has 1 rings (SSSR count). The van der Waals surface area contributed by atoms with Gasteiger partial charge in [-0.2, -0.15) is 0 Å². The first-order valence-electron chi connectivity index (χ1n) is 4.78. The van der Waals surface area contributed by atoms with E-state index in [9.17, 15) is 0 Å². The summed E-state index contributed by atoms with van der Waals surface area (Å²) in [5, 5.41) is 1.10. The van der Waals surface area contributed by atoms with Crippen LogP contribution < -0.4 is 0 Å². The van der Waals surface area contributed by atoms with Crippen LogP contribution in [0, 0.1) is 5.41 Å². The van der Waals surface area contributed by atoms with Gasteiger partial charge in [0.2, 0.25) is 0 Å². The molecule has 0 unspecified atom stereocenters. The lowest BCUT2D eigenvalue weighted by Crippen LogP contribution is -2.05. The highest BCUT2D eigenvalue weighted by Crippen LogP contribution is 2.32. The van der Waals surface area contributed by atoms with Crippen LogP contribution in [0.5, 0.6) is 0 Å². The molecular formula is C11H17NS2. The molecule has 0 aliphatic heterocycles. The molecule has 0 N–H and O–H groups in total. The Morgan fingerprint density at radius 1 is 1.29 bits per heavy atom. The maximum atomic E-state index is 4.25. The van der Waals surface area contributed by atoms with E-state index in [0.29, 0.717) is 5.41 Å². The first-order valence-corrected chi connectivity index (χ1v) is 7.10. The number of hydrogen-bond acceptors (Lipinski definition) is 3. The van der Waals surface area contributed by atoms with Gasteiger partial charge in [0, 0.05) is 11.9 Å². The Bertz CT molecular complexity index is 254. The second-order valence-corrected chi connectivity index (χ2v) is 6.82. The molecule has 1 heterocycles. The van der Waals surface area contributed by atoms with Gasteiger partial charge < -0.3 is 0 Å². The molecule has 0 aliphatic carbocycles. The van der Waals surface area contributed by atoms with Crippen LogP contribution in [0.25, 0.3) is 0 Å². The van der Waals surface area contributed by atoms with E-state index in [-0.39, 0.29) is 0 Å². The van der Waals surface area contributed by atoms with Crippen molar-refractivity contribution < 1.29 is 0 Å². The topological polar surface area (TPSA) is 12.9 Å². The van der Waals surface area contributed by atoms with Crippen molar-refractivity contribution in [2.45, 2.75) is 32.2 Å². The normalized spacial score (nSPS) is 11.6. The van der Waals surface area contributed by atoms with Crippen LogP contribution in [-0.4, -0.2) is 10.7 Å². The van der Waals surface area contributed by atoms with Crippen LogP contribution in [-0.2, 0) is 0 Å². The summed E-state index contributed by atoms with van der Waals surface area (Å²) in [5.74, 6) is 1.19. The molecule has 1 aromatic heterocycles. The average Bonchev–Trinajstić information content (AvgIpc) is 2.13. The highest BCUT2D eigenvalue weighted by atomic mass is 33.1. The first-order chi connectivity index (χ1) is 6.58. The minimum atomic E-state index is 0.442. The zero-order chi connectivity index (χ0) is 10.4. The Kier molecular flexibility index (Phi) is 4.82. The standard InChI is InChI=1S/C11H17NS2/c1-11(2,3)7-9-13-14-10-6-4-5-8-12-10/h4-6,8H,7,9H2,1-3H3. The molecule has 0 saturated heterocycles. The van der Waals surface area contributed by atoms with Crippen LogP contribution in [0.3, 0.4) is 0 Å². The van der Waals surface area contributed by atoms with Gasteiger partial charge in [-0.3, -0.25) is 0 Å². The van der Waals surface area contributed by atoms with Crippen molar-refractivity contribution in [3.05, 3.63) is 24.4 Å². The number of rotatable bonds is 4. The fourth-order valence-electron chi connectivity index (χ4n) is 0.846. The van der Waals surface area contributed by atoms with Crippen LogP contribution in [0.2, 0.25) is 0 Å². The monoisotopic (exact) mass is 227 g/mol. The van der Waals surface area contributed by atoms with E-state index in [1.54, 1.807) is 10.8 Å². The van der Waals surface area contributed by atoms with Crippen molar-refractivity contribution in [3.63, 3.8) is 0 Å². The molecule has 0 amide bonds. The fraction of sp³-hybridized carbons (Fsp3) is 0.545. The highest BCUT2D eigenvalue weighted by molar-refractivity contribution is 8.76. The molecule has 0 radical (unpaired) electrons. The first kappa shape index (κ1) is 11.9. The summed E-state index contributed by atoms with van der Waals surface area (Å²) in [5.41, 5.74) is 0.442. The zero-order valence-corrected chi connectivity index (χ0v) is 10.6. The number of pyridine rings is 1. The van der Waals surface area contributed by atoms with Crippen LogP contribution in [0.1, 0.15) is 27.2 Å².